The maximum atomic E-state index is 14.6. The number of aryl methyl sites for hydroxylation is 1. The zero-order valence-electron chi connectivity index (χ0n) is 19.3. The molecule has 1 saturated heterocycles. The predicted molar refractivity (Wildman–Crippen MR) is 122 cm³/mol. The van der Waals surface area contributed by atoms with Crippen molar-refractivity contribution in [1.82, 2.24) is 24.4 Å². The van der Waals surface area contributed by atoms with E-state index in [9.17, 15) is 27.2 Å². The van der Waals surface area contributed by atoms with E-state index in [4.69, 9.17) is 0 Å². The van der Waals surface area contributed by atoms with Crippen LogP contribution in [0, 0.1) is 11.6 Å². The molecule has 2 N–H and O–H groups in total. The number of amides is 1. The van der Waals surface area contributed by atoms with Crippen molar-refractivity contribution >= 4 is 11.7 Å². The Kier molecular flexibility index (Phi) is 6.15. The fourth-order valence-corrected chi connectivity index (χ4v) is 4.97. The number of alkyl halides is 2. The number of piperidine rings is 1. The van der Waals surface area contributed by atoms with Crippen molar-refractivity contribution in [2.75, 3.05) is 18.4 Å². The third-order valence-corrected chi connectivity index (χ3v) is 6.94. The minimum absolute atomic E-state index is 0.00827. The fraction of sp³-hybridized carbons (Fsp3) is 0.417. The van der Waals surface area contributed by atoms with Crippen LogP contribution in [0.15, 0.2) is 41.6 Å². The number of likely N-dealkylation sites (tertiary alicyclic amines) is 1. The lowest BCUT2D eigenvalue weighted by Crippen LogP contribution is -2.52. The highest BCUT2D eigenvalue weighted by atomic mass is 19.3. The summed E-state index contributed by atoms with van der Waals surface area (Å²) in [5.74, 6) is -5.10. The summed E-state index contributed by atoms with van der Waals surface area (Å²) in [6.45, 7) is 1.51. The van der Waals surface area contributed by atoms with E-state index in [0.717, 1.165) is 12.3 Å². The van der Waals surface area contributed by atoms with Gasteiger partial charge < -0.3 is 14.9 Å². The summed E-state index contributed by atoms with van der Waals surface area (Å²) < 4.78 is 58.5. The second-order valence-corrected chi connectivity index (χ2v) is 9.27. The van der Waals surface area contributed by atoms with E-state index in [1.807, 2.05) is 0 Å². The summed E-state index contributed by atoms with van der Waals surface area (Å²) in [6, 6.07) is 2.33. The van der Waals surface area contributed by atoms with Crippen LogP contribution in [0.1, 0.15) is 48.8 Å². The summed E-state index contributed by atoms with van der Waals surface area (Å²) in [5.41, 5.74) is 0.0486. The van der Waals surface area contributed by atoms with E-state index in [1.54, 1.807) is 22.6 Å². The molecule has 190 valence electrons. The Labute approximate surface area is 203 Å². The van der Waals surface area contributed by atoms with Gasteiger partial charge in [0.05, 0.1) is 29.9 Å². The highest BCUT2D eigenvalue weighted by Crippen LogP contribution is 2.40. The van der Waals surface area contributed by atoms with Crippen LogP contribution in [0.5, 0.6) is 0 Å². The minimum atomic E-state index is -3.03. The molecule has 0 bridgehead atoms. The molecule has 1 aromatic carbocycles. The van der Waals surface area contributed by atoms with Gasteiger partial charge in [0.1, 0.15) is 17.5 Å². The van der Waals surface area contributed by atoms with Crippen LogP contribution in [0.25, 0.3) is 0 Å². The number of carbonyl (C=O) groups excluding carboxylic acids is 1. The van der Waals surface area contributed by atoms with E-state index in [-0.39, 0.29) is 30.6 Å². The molecule has 2 aliphatic rings. The molecule has 8 nitrogen and oxygen atoms in total. The van der Waals surface area contributed by atoms with Gasteiger partial charge in [0, 0.05) is 44.4 Å². The lowest BCUT2D eigenvalue weighted by molar-refractivity contribution is -0.125. The number of hydrogen-bond acceptors (Lipinski definition) is 5. The molecule has 36 heavy (non-hydrogen) atoms. The first-order chi connectivity index (χ1) is 17.1. The maximum absolute atomic E-state index is 14.6. The SMILES string of the molecule is C[C@@H](C(=O)Nc1cn2c(n1)CC[C@@H]2c1cc(F)cc(F)c1)N1CCC(F)(F)[C@H](c2c[nH]c(=O)cn2)C1. The van der Waals surface area contributed by atoms with Crippen molar-refractivity contribution in [3.05, 3.63) is 75.9 Å². The van der Waals surface area contributed by atoms with Crippen molar-refractivity contribution in [1.29, 1.82) is 0 Å². The monoisotopic (exact) mass is 504 g/mol. The summed E-state index contributed by atoms with van der Waals surface area (Å²) in [5, 5.41) is 2.73. The number of rotatable bonds is 5. The Bertz CT molecular complexity index is 1320. The van der Waals surface area contributed by atoms with Gasteiger partial charge in [0.25, 0.3) is 11.5 Å². The number of fused-ring (bicyclic) bond motifs is 1. The van der Waals surface area contributed by atoms with Gasteiger partial charge in [-0.1, -0.05) is 0 Å². The van der Waals surface area contributed by atoms with Crippen molar-refractivity contribution in [3.8, 4) is 0 Å². The van der Waals surface area contributed by atoms with E-state index >= 15 is 0 Å². The smallest absolute Gasteiger partial charge is 0.266 e. The third kappa shape index (κ3) is 4.64. The standard InChI is InChI=1S/C24H24F4N6O2/c1-13(33-5-4-24(27,28)17(11-33)18-9-30-22(35)10-29-18)23(36)32-20-12-34-19(2-3-21(34)31-20)14-6-15(25)8-16(26)7-14/h6-10,12-13,17,19H,2-5,11H2,1H3,(H,30,35)(H,32,36)/t13-,17-,19+/m0/s1. The molecular weight excluding hydrogens is 480 g/mol. The van der Waals surface area contributed by atoms with Gasteiger partial charge in [-0.2, -0.15) is 0 Å². The fourth-order valence-electron chi connectivity index (χ4n) is 4.97. The molecule has 0 aliphatic carbocycles. The highest BCUT2D eigenvalue weighted by Gasteiger charge is 2.47. The first-order valence-corrected chi connectivity index (χ1v) is 11.6. The number of anilines is 1. The lowest BCUT2D eigenvalue weighted by Gasteiger charge is -2.40. The van der Waals surface area contributed by atoms with Crippen LogP contribution in [-0.2, 0) is 11.2 Å². The zero-order valence-corrected chi connectivity index (χ0v) is 19.3. The van der Waals surface area contributed by atoms with Crippen molar-refractivity contribution in [2.45, 2.75) is 50.1 Å². The first kappa shape index (κ1) is 24.2. The zero-order chi connectivity index (χ0) is 25.6. The molecule has 5 rings (SSSR count). The molecule has 1 fully saturated rings. The van der Waals surface area contributed by atoms with Gasteiger partial charge >= 0.3 is 0 Å². The molecule has 0 spiro atoms. The number of nitrogens with one attached hydrogen (secondary N) is 2. The normalized spacial score (nSPS) is 22.2. The van der Waals surface area contributed by atoms with Crippen LogP contribution in [0.4, 0.5) is 23.4 Å². The highest BCUT2D eigenvalue weighted by molar-refractivity contribution is 5.93. The average molecular weight is 504 g/mol. The van der Waals surface area contributed by atoms with Crippen LogP contribution in [0.2, 0.25) is 0 Å². The van der Waals surface area contributed by atoms with E-state index in [2.05, 4.69) is 20.3 Å². The number of hydrogen-bond donors (Lipinski definition) is 2. The molecule has 2 aromatic heterocycles. The molecule has 3 aromatic rings. The van der Waals surface area contributed by atoms with Crippen LogP contribution in [-0.4, -0.2) is 55.4 Å². The number of carbonyl (C=O) groups is 1. The van der Waals surface area contributed by atoms with Crippen molar-refractivity contribution in [2.24, 2.45) is 0 Å². The second-order valence-electron chi connectivity index (χ2n) is 9.27. The molecule has 4 heterocycles. The third-order valence-electron chi connectivity index (χ3n) is 6.94. The first-order valence-electron chi connectivity index (χ1n) is 11.6. The number of aromatic nitrogens is 4. The van der Waals surface area contributed by atoms with E-state index < -0.39 is 47.4 Å². The van der Waals surface area contributed by atoms with Gasteiger partial charge in [-0.15, -0.1) is 0 Å². The minimum Gasteiger partial charge on any atom is -0.326 e. The van der Waals surface area contributed by atoms with Gasteiger partial charge in [-0.05, 0) is 31.0 Å². The Morgan fingerprint density at radius 3 is 2.69 bits per heavy atom. The summed E-state index contributed by atoms with van der Waals surface area (Å²) in [6.07, 6.45) is 4.51. The number of imidazole rings is 1. The van der Waals surface area contributed by atoms with Gasteiger partial charge in [-0.3, -0.25) is 19.5 Å². The quantitative estimate of drug-likeness (QED) is 0.521. The van der Waals surface area contributed by atoms with Crippen LogP contribution < -0.4 is 10.9 Å². The maximum Gasteiger partial charge on any atom is 0.266 e. The number of nitrogens with zero attached hydrogens (tertiary/aromatic N) is 4. The second kappa shape index (κ2) is 9.16. The number of aromatic amines is 1. The molecule has 1 amide bonds. The predicted octanol–water partition coefficient (Wildman–Crippen LogP) is 3.23. The molecule has 0 unspecified atom stereocenters. The van der Waals surface area contributed by atoms with Crippen LogP contribution >= 0.6 is 0 Å². The Morgan fingerprint density at radius 2 is 2.00 bits per heavy atom. The Balaban J connectivity index is 1.29. The van der Waals surface area contributed by atoms with E-state index in [1.165, 1.54) is 18.3 Å². The Hall–Kier alpha value is -3.54. The van der Waals surface area contributed by atoms with Gasteiger partial charge in [0.2, 0.25) is 5.91 Å². The van der Waals surface area contributed by atoms with Gasteiger partial charge in [-0.25, -0.2) is 22.5 Å². The van der Waals surface area contributed by atoms with Crippen molar-refractivity contribution < 1.29 is 22.4 Å². The van der Waals surface area contributed by atoms with E-state index in [0.29, 0.717) is 24.2 Å². The number of benzene rings is 1. The van der Waals surface area contributed by atoms with Gasteiger partial charge in [0.15, 0.2) is 5.82 Å². The summed E-state index contributed by atoms with van der Waals surface area (Å²) in [7, 11) is 0. The Morgan fingerprint density at radius 1 is 1.25 bits per heavy atom. The average Bonchev–Trinajstić information content (AvgIpc) is 3.39. The molecule has 0 radical (unpaired) electrons. The van der Waals surface area contributed by atoms with Crippen LogP contribution in [0.3, 0.4) is 0 Å². The topological polar surface area (TPSA) is 95.9 Å². The molecule has 12 heteroatoms. The largest absolute Gasteiger partial charge is 0.326 e. The number of halogens is 4. The molecule has 2 aliphatic heterocycles. The van der Waals surface area contributed by atoms with Crippen molar-refractivity contribution in [3.63, 3.8) is 0 Å². The molecule has 0 saturated carbocycles. The summed E-state index contributed by atoms with van der Waals surface area (Å²) in [4.78, 5) is 36.6. The number of H-pyrrole nitrogens is 1. The molecule has 3 atom stereocenters. The molecular formula is C24H24F4N6O2. The summed E-state index contributed by atoms with van der Waals surface area (Å²) >= 11 is 0. The lowest BCUT2D eigenvalue weighted by atomic mass is 9.90.